The molecular formula is C49H40N2. The van der Waals surface area contributed by atoms with Crippen molar-refractivity contribution in [1.29, 1.82) is 0 Å². The van der Waals surface area contributed by atoms with Crippen LogP contribution in [-0.2, 0) is 16.2 Å². The summed E-state index contributed by atoms with van der Waals surface area (Å²) in [6.45, 7) is 14.4. The van der Waals surface area contributed by atoms with Crippen LogP contribution in [0.4, 0.5) is 17.1 Å². The highest BCUT2D eigenvalue weighted by atomic mass is 15.1. The molecule has 7 aromatic carbocycles. The van der Waals surface area contributed by atoms with Crippen LogP contribution in [0.25, 0.3) is 49.4 Å². The molecule has 246 valence electrons. The highest BCUT2D eigenvalue weighted by Gasteiger charge is 2.44. The molecule has 1 aromatic heterocycles. The van der Waals surface area contributed by atoms with E-state index >= 15 is 0 Å². The molecule has 0 amide bonds. The Morgan fingerprint density at radius 3 is 1.78 bits per heavy atom. The maximum atomic E-state index is 2.62. The number of aromatic nitrogens is 1. The summed E-state index contributed by atoms with van der Waals surface area (Å²) in [6, 6.07) is 50.7. The molecule has 0 unspecified atom stereocenters. The van der Waals surface area contributed by atoms with Crippen molar-refractivity contribution in [2.24, 2.45) is 0 Å². The maximum absolute atomic E-state index is 2.62. The Morgan fingerprint density at radius 2 is 0.961 bits per heavy atom. The van der Waals surface area contributed by atoms with Crippen LogP contribution in [0.2, 0.25) is 0 Å². The molecule has 3 aliphatic rings. The first-order chi connectivity index (χ1) is 24.6. The van der Waals surface area contributed by atoms with E-state index in [1.165, 1.54) is 99.8 Å². The van der Waals surface area contributed by atoms with Crippen molar-refractivity contribution >= 4 is 49.6 Å². The molecule has 0 saturated heterocycles. The van der Waals surface area contributed by atoms with E-state index in [-0.39, 0.29) is 16.2 Å². The van der Waals surface area contributed by atoms with E-state index in [9.17, 15) is 0 Å². The average Bonchev–Trinajstić information content (AvgIpc) is 3.59. The number of hydrogen-bond acceptors (Lipinski definition) is 1. The number of fused-ring (bicyclic) bond motifs is 5. The van der Waals surface area contributed by atoms with Crippen LogP contribution in [0, 0.1) is 0 Å². The molecule has 2 aliphatic heterocycles. The van der Waals surface area contributed by atoms with Crippen LogP contribution < -0.4 is 4.90 Å². The van der Waals surface area contributed by atoms with Crippen LogP contribution in [0.1, 0.15) is 74.9 Å². The van der Waals surface area contributed by atoms with Crippen molar-refractivity contribution in [1.82, 2.24) is 4.57 Å². The number of rotatable bonds is 3. The van der Waals surface area contributed by atoms with Crippen molar-refractivity contribution in [3.63, 3.8) is 0 Å². The Kier molecular flexibility index (Phi) is 5.37. The summed E-state index contributed by atoms with van der Waals surface area (Å²) in [5.41, 5.74) is 18.3. The minimum Gasteiger partial charge on any atom is -0.310 e. The minimum atomic E-state index is -0.200. The fourth-order valence-corrected chi connectivity index (χ4v) is 10.2. The average molecular weight is 657 g/mol. The largest absolute Gasteiger partial charge is 0.310 e. The summed E-state index contributed by atoms with van der Waals surface area (Å²) >= 11 is 0. The number of hydrogen-bond donors (Lipinski definition) is 0. The van der Waals surface area contributed by atoms with Crippen LogP contribution in [-0.4, -0.2) is 4.57 Å². The second-order valence-electron chi connectivity index (χ2n) is 16.6. The smallest absolute Gasteiger partial charge is 0.0583 e. The van der Waals surface area contributed by atoms with Gasteiger partial charge in [0.15, 0.2) is 0 Å². The summed E-state index contributed by atoms with van der Waals surface area (Å²) in [7, 11) is 0. The van der Waals surface area contributed by atoms with E-state index in [2.05, 4.69) is 184 Å². The van der Waals surface area contributed by atoms with E-state index < -0.39 is 0 Å². The first-order valence-corrected chi connectivity index (χ1v) is 18.4. The van der Waals surface area contributed by atoms with Crippen molar-refractivity contribution in [3.8, 4) is 16.8 Å². The Balaban J connectivity index is 1.24. The summed E-state index contributed by atoms with van der Waals surface area (Å²) in [4.78, 5) is 2.51. The van der Waals surface area contributed by atoms with Gasteiger partial charge in [0, 0.05) is 44.1 Å². The molecule has 1 aliphatic carbocycles. The summed E-state index contributed by atoms with van der Waals surface area (Å²) in [5.74, 6) is 0. The van der Waals surface area contributed by atoms with Crippen molar-refractivity contribution in [2.45, 2.75) is 57.8 Å². The van der Waals surface area contributed by atoms with Gasteiger partial charge >= 0.3 is 0 Å². The standard InChI is InChI=1S/C49H40N2/c1-47(2)38-17-10-9-15-34(38)35-24-23-32(27-42(35)47)50(31-22-21-29-13-7-8-14-30(29)25-31)33-26-37-36-16-11-18-39-44(36)51-45(37)43(28-33)49(5,6)41-20-12-19-40(46(41)51)48(39,3)4/h7-28H,1-6H3. The van der Waals surface area contributed by atoms with Gasteiger partial charge in [-0.1, -0.05) is 139 Å². The van der Waals surface area contributed by atoms with Gasteiger partial charge in [-0.3, -0.25) is 0 Å². The summed E-state index contributed by atoms with van der Waals surface area (Å²) in [6.07, 6.45) is 0. The molecule has 11 rings (SSSR count). The SMILES string of the molecule is CC1(C)c2ccccc2-c2ccc(N(c3ccc4ccccc4c3)c3cc4c5c(c3)c3cccc6c3n5-c3c(cccc3C4(C)C)C6(C)C)cc21. The Morgan fingerprint density at radius 1 is 0.392 bits per heavy atom. The summed E-state index contributed by atoms with van der Waals surface area (Å²) in [5, 5.41) is 5.15. The van der Waals surface area contributed by atoms with Crippen LogP contribution >= 0.6 is 0 Å². The first-order valence-electron chi connectivity index (χ1n) is 18.4. The van der Waals surface area contributed by atoms with Crippen LogP contribution in [0.15, 0.2) is 133 Å². The Hall–Kier alpha value is -5.60. The molecule has 0 atom stereocenters. The van der Waals surface area contributed by atoms with Crippen molar-refractivity contribution in [2.75, 3.05) is 4.90 Å². The molecule has 0 N–H and O–H groups in total. The quantitative estimate of drug-likeness (QED) is 0.184. The van der Waals surface area contributed by atoms with Gasteiger partial charge in [-0.15, -0.1) is 0 Å². The number of para-hydroxylation sites is 2. The van der Waals surface area contributed by atoms with Crippen molar-refractivity contribution < 1.29 is 0 Å². The number of benzene rings is 7. The highest BCUT2D eigenvalue weighted by Crippen LogP contribution is 2.57. The molecule has 51 heavy (non-hydrogen) atoms. The van der Waals surface area contributed by atoms with E-state index in [1.807, 2.05) is 0 Å². The normalized spacial score (nSPS) is 16.5. The molecule has 0 fully saturated rings. The van der Waals surface area contributed by atoms with Crippen LogP contribution in [0.5, 0.6) is 0 Å². The van der Waals surface area contributed by atoms with E-state index in [4.69, 9.17) is 0 Å². The first kappa shape index (κ1) is 29.2. The lowest BCUT2D eigenvalue weighted by atomic mass is 9.68. The van der Waals surface area contributed by atoms with E-state index in [0.717, 1.165) is 0 Å². The lowest BCUT2D eigenvalue weighted by molar-refractivity contribution is 0.593. The fraction of sp³-hybridized carbons (Fsp3) is 0.184. The third-order valence-corrected chi connectivity index (χ3v) is 12.9. The third kappa shape index (κ3) is 3.53. The van der Waals surface area contributed by atoms with Gasteiger partial charge in [0.2, 0.25) is 0 Å². The summed E-state index contributed by atoms with van der Waals surface area (Å²) < 4.78 is 2.62. The van der Waals surface area contributed by atoms with Gasteiger partial charge in [-0.05, 0) is 91.7 Å². The predicted octanol–water partition coefficient (Wildman–Crippen LogP) is 13.0. The Labute approximate surface area is 299 Å². The molecule has 2 nitrogen and oxygen atoms in total. The van der Waals surface area contributed by atoms with Gasteiger partial charge in [0.05, 0.1) is 16.7 Å². The predicted molar refractivity (Wildman–Crippen MR) is 215 cm³/mol. The molecule has 0 spiro atoms. The molecular weight excluding hydrogens is 617 g/mol. The van der Waals surface area contributed by atoms with Gasteiger partial charge < -0.3 is 9.47 Å². The molecule has 0 radical (unpaired) electrons. The minimum absolute atomic E-state index is 0.0950. The van der Waals surface area contributed by atoms with Gasteiger partial charge in [0.25, 0.3) is 0 Å². The molecule has 8 aromatic rings. The van der Waals surface area contributed by atoms with E-state index in [0.29, 0.717) is 0 Å². The Bertz CT molecular complexity index is 2840. The van der Waals surface area contributed by atoms with Crippen LogP contribution in [0.3, 0.4) is 0 Å². The molecule has 2 heteroatoms. The lowest BCUT2D eigenvalue weighted by Gasteiger charge is -2.42. The highest BCUT2D eigenvalue weighted by molar-refractivity contribution is 6.15. The molecule has 0 bridgehead atoms. The monoisotopic (exact) mass is 656 g/mol. The molecule has 3 heterocycles. The zero-order valence-electron chi connectivity index (χ0n) is 30.1. The zero-order chi connectivity index (χ0) is 34.6. The fourth-order valence-electron chi connectivity index (χ4n) is 10.2. The van der Waals surface area contributed by atoms with Gasteiger partial charge in [-0.2, -0.15) is 0 Å². The van der Waals surface area contributed by atoms with Crippen molar-refractivity contribution in [3.05, 3.63) is 167 Å². The number of nitrogens with zero attached hydrogens (tertiary/aromatic N) is 2. The molecule has 0 saturated carbocycles. The second kappa shape index (κ2) is 9.38. The lowest BCUT2D eigenvalue weighted by Crippen LogP contribution is -2.33. The zero-order valence-corrected chi connectivity index (χ0v) is 30.1. The van der Waals surface area contributed by atoms with Gasteiger partial charge in [-0.25, -0.2) is 0 Å². The number of anilines is 3. The van der Waals surface area contributed by atoms with E-state index in [1.54, 1.807) is 0 Å². The second-order valence-corrected chi connectivity index (χ2v) is 16.6. The maximum Gasteiger partial charge on any atom is 0.0583 e. The third-order valence-electron chi connectivity index (χ3n) is 12.9. The topological polar surface area (TPSA) is 8.17 Å². The van der Waals surface area contributed by atoms with Gasteiger partial charge in [0.1, 0.15) is 0 Å².